The summed E-state index contributed by atoms with van der Waals surface area (Å²) < 4.78 is 5.10. The summed E-state index contributed by atoms with van der Waals surface area (Å²) in [6.07, 6.45) is 1.82. The molecule has 0 fully saturated rings. The van der Waals surface area contributed by atoms with Gasteiger partial charge in [0.2, 0.25) is 0 Å². The van der Waals surface area contributed by atoms with Gasteiger partial charge in [-0.2, -0.15) is 0 Å². The van der Waals surface area contributed by atoms with Gasteiger partial charge in [0.05, 0.1) is 18.5 Å². The van der Waals surface area contributed by atoms with Gasteiger partial charge in [-0.05, 0) is 38.1 Å². The molecule has 2 rings (SSSR count). The van der Waals surface area contributed by atoms with Gasteiger partial charge < -0.3 is 15.3 Å². The Morgan fingerprint density at radius 1 is 1.24 bits per heavy atom. The van der Waals surface area contributed by atoms with Crippen molar-refractivity contribution in [1.29, 1.82) is 0 Å². The number of hydrogen-bond donors (Lipinski definition) is 3. The van der Waals surface area contributed by atoms with Crippen molar-refractivity contribution in [3.63, 3.8) is 0 Å². The number of aliphatic hydroxyl groups is 1. The Morgan fingerprint density at radius 3 is 2.35 bits per heavy atom. The van der Waals surface area contributed by atoms with Crippen LogP contribution in [0.5, 0.6) is 5.75 Å². The molecule has 0 amide bonds. The standard InChI is InChI=1S/C12H17N3O2/c1-12(2,16)11-8-15(14-13-11)9-4-6-10(17-3)7-5-9/h4-8,13-14,16H,1-3H3. The highest BCUT2D eigenvalue weighted by atomic mass is 16.5. The maximum Gasteiger partial charge on any atom is 0.119 e. The molecule has 92 valence electrons. The van der Waals surface area contributed by atoms with E-state index in [9.17, 15) is 5.11 Å². The van der Waals surface area contributed by atoms with E-state index in [-0.39, 0.29) is 0 Å². The maximum atomic E-state index is 9.85. The number of nitrogens with one attached hydrogen (secondary N) is 2. The highest BCUT2D eigenvalue weighted by Gasteiger charge is 2.25. The van der Waals surface area contributed by atoms with Gasteiger partial charge in [-0.25, -0.2) is 0 Å². The molecule has 0 saturated heterocycles. The third-order valence-electron chi connectivity index (χ3n) is 2.58. The minimum atomic E-state index is -0.895. The van der Waals surface area contributed by atoms with Crippen molar-refractivity contribution < 1.29 is 9.84 Å². The zero-order chi connectivity index (χ0) is 12.5. The first-order valence-electron chi connectivity index (χ1n) is 5.40. The number of rotatable bonds is 3. The van der Waals surface area contributed by atoms with Crippen LogP contribution in [0.25, 0.3) is 0 Å². The van der Waals surface area contributed by atoms with E-state index in [1.807, 2.05) is 30.5 Å². The molecular formula is C12H17N3O2. The molecule has 0 radical (unpaired) electrons. The topological polar surface area (TPSA) is 56.8 Å². The lowest BCUT2D eigenvalue weighted by Gasteiger charge is -2.17. The summed E-state index contributed by atoms with van der Waals surface area (Å²) in [5.41, 5.74) is 6.66. The first-order valence-corrected chi connectivity index (χ1v) is 5.40. The third-order valence-corrected chi connectivity index (χ3v) is 2.58. The minimum Gasteiger partial charge on any atom is -0.497 e. The summed E-state index contributed by atoms with van der Waals surface area (Å²) >= 11 is 0. The van der Waals surface area contributed by atoms with Gasteiger partial charge in [-0.3, -0.25) is 5.01 Å². The second-order valence-electron chi connectivity index (χ2n) is 4.41. The lowest BCUT2D eigenvalue weighted by atomic mass is 10.1. The van der Waals surface area contributed by atoms with Gasteiger partial charge in [-0.15, -0.1) is 5.53 Å². The summed E-state index contributed by atoms with van der Waals surface area (Å²) in [6.45, 7) is 3.45. The van der Waals surface area contributed by atoms with E-state index in [0.717, 1.165) is 11.4 Å². The first-order chi connectivity index (χ1) is 8.00. The fourth-order valence-corrected chi connectivity index (χ4v) is 1.51. The average molecular weight is 235 g/mol. The summed E-state index contributed by atoms with van der Waals surface area (Å²) in [6, 6.07) is 7.62. The number of hydrazine groups is 2. The molecule has 1 aromatic carbocycles. The summed E-state index contributed by atoms with van der Waals surface area (Å²) in [4.78, 5) is 0. The molecule has 5 heteroatoms. The molecule has 0 unspecified atom stereocenters. The van der Waals surface area contributed by atoms with Crippen molar-refractivity contribution in [3.8, 4) is 5.75 Å². The van der Waals surface area contributed by atoms with Gasteiger partial charge in [0.1, 0.15) is 11.4 Å². The SMILES string of the molecule is COc1ccc(N2C=C(C(C)(C)O)NN2)cc1. The monoisotopic (exact) mass is 235 g/mol. The van der Waals surface area contributed by atoms with Crippen molar-refractivity contribution in [2.24, 2.45) is 0 Å². The number of ether oxygens (including phenoxy) is 1. The van der Waals surface area contributed by atoms with Gasteiger partial charge >= 0.3 is 0 Å². The highest BCUT2D eigenvalue weighted by Crippen LogP contribution is 2.22. The first kappa shape index (κ1) is 11.8. The molecule has 0 aliphatic carbocycles. The minimum absolute atomic E-state index is 0.716. The Balaban J connectivity index is 2.16. The predicted octanol–water partition coefficient (Wildman–Crippen LogP) is 1.14. The zero-order valence-electron chi connectivity index (χ0n) is 10.2. The molecule has 17 heavy (non-hydrogen) atoms. The van der Waals surface area contributed by atoms with Crippen LogP contribution in [0.3, 0.4) is 0 Å². The molecule has 1 aliphatic rings. The molecule has 0 spiro atoms. The van der Waals surface area contributed by atoms with E-state index in [1.165, 1.54) is 0 Å². The summed E-state index contributed by atoms with van der Waals surface area (Å²) in [5, 5.41) is 11.6. The van der Waals surface area contributed by atoms with E-state index in [4.69, 9.17) is 4.74 Å². The summed E-state index contributed by atoms with van der Waals surface area (Å²) in [7, 11) is 1.64. The van der Waals surface area contributed by atoms with Gasteiger partial charge in [0.25, 0.3) is 0 Å². The van der Waals surface area contributed by atoms with E-state index >= 15 is 0 Å². The van der Waals surface area contributed by atoms with Crippen LogP contribution in [-0.2, 0) is 0 Å². The number of nitrogens with zero attached hydrogens (tertiary/aromatic N) is 1. The van der Waals surface area contributed by atoms with Crippen molar-refractivity contribution in [2.75, 3.05) is 12.1 Å². The van der Waals surface area contributed by atoms with Crippen molar-refractivity contribution in [3.05, 3.63) is 36.2 Å². The zero-order valence-corrected chi connectivity index (χ0v) is 10.2. The Labute approximate surface area is 101 Å². The number of benzene rings is 1. The molecule has 0 saturated carbocycles. The van der Waals surface area contributed by atoms with Crippen LogP contribution in [-0.4, -0.2) is 17.8 Å². The van der Waals surface area contributed by atoms with Gasteiger partial charge in [0.15, 0.2) is 0 Å². The second kappa shape index (κ2) is 4.27. The van der Waals surface area contributed by atoms with Crippen LogP contribution in [0.2, 0.25) is 0 Å². The molecule has 1 aliphatic heterocycles. The lowest BCUT2D eigenvalue weighted by molar-refractivity contribution is 0.112. The Hall–Kier alpha value is -1.72. The van der Waals surface area contributed by atoms with Crippen LogP contribution in [0, 0.1) is 0 Å². The maximum absolute atomic E-state index is 9.85. The van der Waals surface area contributed by atoms with Gasteiger partial charge in [0, 0.05) is 6.20 Å². The van der Waals surface area contributed by atoms with Crippen molar-refractivity contribution in [2.45, 2.75) is 19.4 Å². The van der Waals surface area contributed by atoms with Crippen LogP contribution >= 0.6 is 0 Å². The fourth-order valence-electron chi connectivity index (χ4n) is 1.51. The smallest absolute Gasteiger partial charge is 0.119 e. The molecule has 0 aromatic heterocycles. The largest absolute Gasteiger partial charge is 0.497 e. The normalized spacial score (nSPS) is 15.5. The third kappa shape index (κ3) is 2.51. The molecule has 3 N–H and O–H groups in total. The highest BCUT2D eigenvalue weighted by molar-refractivity contribution is 5.52. The van der Waals surface area contributed by atoms with E-state index < -0.39 is 5.60 Å². The molecular weight excluding hydrogens is 218 g/mol. The Bertz CT molecular complexity index is 420. The second-order valence-corrected chi connectivity index (χ2v) is 4.41. The van der Waals surface area contributed by atoms with E-state index in [0.29, 0.717) is 5.70 Å². The molecule has 0 atom stereocenters. The molecule has 5 nitrogen and oxygen atoms in total. The Morgan fingerprint density at radius 2 is 1.88 bits per heavy atom. The van der Waals surface area contributed by atoms with E-state index in [2.05, 4.69) is 11.0 Å². The summed E-state index contributed by atoms with van der Waals surface area (Å²) in [5.74, 6) is 0.813. The molecule has 1 heterocycles. The van der Waals surface area contributed by atoms with E-state index in [1.54, 1.807) is 26.0 Å². The van der Waals surface area contributed by atoms with Crippen LogP contribution in [0.15, 0.2) is 36.2 Å². The van der Waals surface area contributed by atoms with Crippen LogP contribution in [0.1, 0.15) is 13.8 Å². The van der Waals surface area contributed by atoms with Crippen LogP contribution < -0.4 is 20.7 Å². The fraction of sp³-hybridized carbons (Fsp3) is 0.333. The van der Waals surface area contributed by atoms with Crippen LogP contribution in [0.4, 0.5) is 5.69 Å². The Kier molecular flexibility index (Phi) is 2.95. The lowest BCUT2D eigenvalue weighted by Crippen LogP contribution is -2.39. The molecule has 0 bridgehead atoms. The number of anilines is 1. The van der Waals surface area contributed by atoms with Gasteiger partial charge in [-0.1, -0.05) is 0 Å². The number of methoxy groups -OCH3 is 1. The van der Waals surface area contributed by atoms with Crippen molar-refractivity contribution in [1.82, 2.24) is 11.0 Å². The number of hydrogen-bond acceptors (Lipinski definition) is 5. The van der Waals surface area contributed by atoms with Crippen molar-refractivity contribution >= 4 is 5.69 Å². The quantitative estimate of drug-likeness (QED) is 0.733. The average Bonchev–Trinajstić information content (AvgIpc) is 2.78. The molecule has 1 aromatic rings. The predicted molar refractivity (Wildman–Crippen MR) is 66.1 cm³/mol.